The molecule has 0 aliphatic rings. The molecule has 0 aromatic carbocycles. The highest BCUT2D eigenvalue weighted by Gasteiger charge is 2.20. The molecule has 0 bridgehead atoms. The quantitative estimate of drug-likeness (QED) is 0.820. The lowest BCUT2D eigenvalue weighted by Crippen LogP contribution is -2.22. The minimum atomic E-state index is 0.0162. The van der Waals surface area contributed by atoms with E-state index in [1.54, 1.807) is 0 Å². The van der Waals surface area contributed by atoms with Gasteiger partial charge in [-0.25, -0.2) is 0 Å². The molecule has 1 rings (SSSR count). The van der Waals surface area contributed by atoms with Crippen LogP contribution in [-0.2, 0) is 10.2 Å². The zero-order chi connectivity index (χ0) is 14.5. The summed E-state index contributed by atoms with van der Waals surface area (Å²) in [5.74, 6) is 0.808. The molecule has 0 aliphatic heterocycles. The Bertz CT molecular complexity index is 404. The normalized spacial score (nSPS) is 13.3. The van der Waals surface area contributed by atoms with E-state index in [1.807, 2.05) is 6.07 Å². The van der Waals surface area contributed by atoms with Gasteiger partial charge in [-0.15, -0.1) is 0 Å². The van der Waals surface area contributed by atoms with Crippen LogP contribution in [0.1, 0.15) is 66.0 Å². The summed E-state index contributed by atoms with van der Waals surface area (Å²) in [5, 5.41) is 10.1. The highest BCUT2D eigenvalue weighted by atomic mass is 16.1. The maximum Gasteiger partial charge on any atom is 0.228 e. The van der Waals surface area contributed by atoms with Crippen LogP contribution < -0.4 is 5.32 Å². The molecule has 1 aromatic rings. The van der Waals surface area contributed by atoms with Gasteiger partial charge in [0.2, 0.25) is 5.91 Å². The van der Waals surface area contributed by atoms with Crippen LogP contribution in [0.4, 0.5) is 5.82 Å². The average molecular weight is 265 g/mol. The summed E-state index contributed by atoms with van der Waals surface area (Å²) >= 11 is 0. The Balaban J connectivity index is 2.63. The predicted molar refractivity (Wildman–Crippen MR) is 79.2 cm³/mol. The number of H-pyrrole nitrogens is 1. The number of amides is 1. The van der Waals surface area contributed by atoms with Crippen LogP contribution >= 0.6 is 0 Å². The summed E-state index contributed by atoms with van der Waals surface area (Å²) in [6.45, 7) is 10.5. The van der Waals surface area contributed by atoms with Crippen molar-refractivity contribution in [2.24, 2.45) is 5.92 Å². The van der Waals surface area contributed by atoms with Gasteiger partial charge in [0, 0.05) is 23.1 Å². The molecular formula is C15H27N3O. The SMILES string of the molecule is CCCCC(CC)C(=O)Nc1cc(C(C)(C)C)[nH]n1. The molecule has 1 heterocycles. The number of carbonyl (C=O) groups excluding carboxylic acids is 1. The molecule has 4 nitrogen and oxygen atoms in total. The predicted octanol–water partition coefficient (Wildman–Crippen LogP) is 3.86. The summed E-state index contributed by atoms with van der Waals surface area (Å²) < 4.78 is 0. The summed E-state index contributed by atoms with van der Waals surface area (Å²) in [4.78, 5) is 12.1. The molecule has 1 atom stereocenters. The lowest BCUT2D eigenvalue weighted by Gasteiger charge is -2.15. The van der Waals surface area contributed by atoms with Gasteiger partial charge in [-0.1, -0.05) is 47.5 Å². The molecule has 2 N–H and O–H groups in total. The van der Waals surface area contributed by atoms with Gasteiger partial charge in [0.25, 0.3) is 0 Å². The van der Waals surface area contributed by atoms with E-state index < -0.39 is 0 Å². The van der Waals surface area contributed by atoms with E-state index in [0.717, 1.165) is 31.4 Å². The minimum absolute atomic E-state index is 0.0162. The molecule has 4 heteroatoms. The van der Waals surface area contributed by atoms with Crippen LogP contribution in [0.2, 0.25) is 0 Å². The second-order valence-corrected chi connectivity index (χ2v) is 6.15. The monoisotopic (exact) mass is 265 g/mol. The number of hydrogen-bond acceptors (Lipinski definition) is 2. The van der Waals surface area contributed by atoms with Crippen molar-refractivity contribution in [3.8, 4) is 0 Å². The van der Waals surface area contributed by atoms with E-state index in [-0.39, 0.29) is 17.2 Å². The number of aromatic nitrogens is 2. The molecule has 19 heavy (non-hydrogen) atoms. The van der Waals surface area contributed by atoms with Crippen LogP contribution in [0, 0.1) is 5.92 Å². The Hall–Kier alpha value is -1.32. The average Bonchev–Trinajstić information content (AvgIpc) is 2.78. The number of carbonyl (C=O) groups is 1. The van der Waals surface area contributed by atoms with Gasteiger partial charge < -0.3 is 5.32 Å². The van der Waals surface area contributed by atoms with Crippen molar-refractivity contribution in [2.45, 2.75) is 65.7 Å². The van der Waals surface area contributed by atoms with E-state index in [9.17, 15) is 4.79 Å². The second-order valence-electron chi connectivity index (χ2n) is 6.15. The molecule has 1 unspecified atom stereocenters. The number of hydrogen-bond donors (Lipinski definition) is 2. The lowest BCUT2D eigenvalue weighted by atomic mass is 9.92. The first kappa shape index (κ1) is 15.7. The zero-order valence-corrected chi connectivity index (χ0v) is 12.8. The molecule has 0 spiro atoms. The highest BCUT2D eigenvalue weighted by molar-refractivity contribution is 5.91. The third-order valence-corrected chi connectivity index (χ3v) is 3.41. The summed E-state index contributed by atoms with van der Waals surface area (Å²) in [5.41, 5.74) is 1.05. The van der Waals surface area contributed by atoms with Crippen molar-refractivity contribution in [1.82, 2.24) is 10.2 Å². The molecule has 1 amide bonds. The lowest BCUT2D eigenvalue weighted by molar-refractivity contribution is -0.120. The van der Waals surface area contributed by atoms with E-state index in [1.165, 1.54) is 0 Å². The molecule has 1 aromatic heterocycles. The van der Waals surface area contributed by atoms with Gasteiger partial charge >= 0.3 is 0 Å². The molecule has 0 saturated heterocycles. The van der Waals surface area contributed by atoms with Crippen LogP contribution in [-0.4, -0.2) is 16.1 Å². The van der Waals surface area contributed by atoms with Crippen molar-refractivity contribution in [1.29, 1.82) is 0 Å². The fourth-order valence-corrected chi connectivity index (χ4v) is 1.97. The molecule has 0 fully saturated rings. The fraction of sp³-hybridized carbons (Fsp3) is 0.733. The Morgan fingerprint density at radius 2 is 2.11 bits per heavy atom. The van der Waals surface area contributed by atoms with Crippen LogP contribution in [0.25, 0.3) is 0 Å². The first-order valence-corrected chi connectivity index (χ1v) is 7.25. The van der Waals surface area contributed by atoms with Crippen LogP contribution in [0.3, 0.4) is 0 Å². The highest BCUT2D eigenvalue weighted by Crippen LogP contribution is 2.22. The van der Waals surface area contributed by atoms with Gasteiger partial charge in [-0.2, -0.15) is 5.10 Å². The smallest absolute Gasteiger partial charge is 0.228 e. The Morgan fingerprint density at radius 1 is 1.42 bits per heavy atom. The number of anilines is 1. The third kappa shape index (κ3) is 4.69. The van der Waals surface area contributed by atoms with E-state index in [0.29, 0.717) is 5.82 Å². The van der Waals surface area contributed by atoms with Crippen molar-refractivity contribution in [2.75, 3.05) is 5.32 Å². The molecule has 0 saturated carbocycles. The Labute approximate surface area is 116 Å². The number of unbranched alkanes of at least 4 members (excludes halogenated alkanes) is 1. The van der Waals surface area contributed by atoms with E-state index >= 15 is 0 Å². The topological polar surface area (TPSA) is 57.8 Å². The van der Waals surface area contributed by atoms with Crippen molar-refractivity contribution >= 4 is 11.7 Å². The number of nitrogens with zero attached hydrogens (tertiary/aromatic N) is 1. The maximum atomic E-state index is 12.1. The Morgan fingerprint density at radius 3 is 2.58 bits per heavy atom. The summed E-state index contributed by atoms with van der Waals surface area (Å²) in [6.07, 6.45) is 4.05. The van der Waals surface area contributed by atoms with Crippen molar-refractivity contribution in [3.63, 3.8) is 0 Å². The van der Waals surface area contributed by atoms with Crippen LogP contribution in [0.5, 0.6) is 0 Å². The molecule has 108 valence electrons. The maximum absolute atomic E-state index is 12.1. The first-order valence-electron chi connectivity index (χ1n) is 7.25. The standard InChI is InChI=1S/C15H27N3O/c1-6-8-9-11(7-2)14(19)16-13-10-12(17-18-13)15(3,4)5/h10-11H,6-9H2,1-5H3,(H2,16,17,18,19). The first-order chi connectivity index (χ1) is 8.88. The number of rotatable bonds is 6. The second kappa shape index (κ2) is 6.73. The number of aromatic amines is 1. The van der Waals surface area contributed by atoms with E-state index in [4.69, 9.17) is 0 Å². The van der Waals surface area contributed by atoms with Crippen LogP contribution in [0.15, 0.2) is 6.07 Å². The fourth-order valence-electron chi connectivity index (χ4n) is 1.97. The Kier molecular flexibility index (Phi) is 5.58. The van der Waals surface area contributed by atoms with Gasteiger partial charge in [0.15, 0.2) is 5.82 Å². The van der Waals surface area contributed by atoms with Gasteiger partial charge in [0.05, 0.1) is 0 Å². The number of nitrogens with one attached hydrogen (secondary N) is 2. The largest absolute Gasteiger partial charge is 0.309 e. The third-order valence-electron chi connectivity index (χ3n) is 3.41. The van der Waals surface area contributed by atoms with Gasteiger partial charge in [0.1, 0.15) is 0 Å². The van der Waals surface area contributed by atoms with Crippen molar-refractivity contribution < 1.29 is 4.79 Å². The molecular weight excluding hydrogens is 238 g/mol. The van der Waals surface area contributed by atoms with Gasteiger partial charge in [-0.3, -0.25) is 9.89 Å². The zero-order valence-electron chi connectivity index (χ0n) is 12.8. The molecule has 0 radical (unpaired) electrons. The summed E-state index contributed by atoms with van der Waals surface area (Å²) in [6, 6.07) is 1.92. The van der Waals surface area contributed by atoms with Crippen molar-refractivity contribution in [3.05, 3.63) is 11.8 Å². The van der Waals surface area contributed by atoms with Gasteiger partial charge in [-0.05, 0) is 12.8 Å². The summed E-state index contributed by atoms with van der Waals surface area (Å²) in [7, 11) is 0. The van der Waals surface area contributed by atoms with E-state index in [2.05, 4.69) is 50.1 Å². The molecule has 0 aliphatic carbocycles. The minimum Gasteiger partial charge on any atom is -0.309 e.